The Bertz CT molecular complexity index is 305. The third-order valence-corrected chi connectivity index (χ3v) is 3.64. The molecule has 4 heteroatoms. The summed E-state index contributed by atoms with van der Waals surface area (Å²) in [4.78, 5) is 4.43. The lowest BCUT2D eigenvalue weighted by molar-refractivity contribution is 0.839. The minimum absolute atomic E-state index is 0.972. The molecule has 0 atom stereocenters. The maximum absolute atomic E-state index is 4.43. The quantitative estimate of drug-likeness (QED) is 0.808. The van der Waals surface area contributed by atoms with Crippen LogP contribution >= 0.6 is 27.7 Å². The number of rotatable bonds is 6. The van der Waals surface area contributed by atoms with Crippen LogP contribution < -0.4 is 5.32 Å². The van der Waals surface area contributed by atoms with E-state index in [4.69, 9.17) is 0 Å². The maximum atomic E-state index is 4.43. The molecule has 1 rings (SSSR count). The number of aryl methyl sites for hydroxylation is 1. The van der Waals surface area contributed by atoms with Crippen molar-refractivity contribution in [2.45, 2.75) is 19.8 Å². The Kier molecular flexibility index (Phi) is 6.10. The van der Waals surface area contributed by atoms with E-state index in [1.807, 2.05) is 30.8 Å². The lowest BCUT2D eigenvalue weighted by Gasteiger charge is -2.06. The van der Waals surface area contributed by atoms with Gasteiger partial charge in [-0.25, -0.2) is 4.98 Å². The molecule has 0 radical (unpaired) electrons. The molecule has 0 aliphatic heterocycles. The van der Waals surface area contributed by atoms with E-state index in [9.17, 15) is 0 Å². The fourth-order valence-electron chi connectivity index (χ4n) is 1.23. The van der Waals surface area contributed by atoms with Crippen LogP contribution in [0.3, 0.4) is 0 Å². The highest BCUT2D eigenvalue weighted by molar-refractivity contribution is 9.10. The van der Waals surface area contributed by atoms with Crippen molar-refractivity contribution < 1.29 is 0 Å². The number of hydrogen-bond acceptors (Lipinski definition) is 3. The molecular weight excluding hydrogens is 272 g/mol. The number of thioether (sulfide) groups is 1. The highest BCUT2D eigenvalue weighted by Crippen LogP contribution is 2.16. The van der Waals surface area contributed by atoms with E-state index in [2.05, 4.69) is 32.5 Å². The molecule has 0 bridgehead atoms. The Morgan fingerprint density at radius 1 is 1.40 bits per heavy atom. The summed E-state index contributed by atoms with van der Waals surface area (Å²) in [5, 5.41) is 3.33. The van der Waals surface area contributed by atoms with Crippen LogP contribution in [0.2, 0.25) is 0 Å². The fourth-order valence-corrected chi connectivity index (χ4v) is 1.94. The third kappa shape index (κ3) is 4.89. The first kappa shape index (κ1) is 12.8. The standard InChI is InChI=1S/C11H17BrN2S/c1-9-10(12)5-6-11(14-9)13-7-3-4-8-15-2/h5-6H,3-4,7-8H2,1-2H3,(H,13,14). The molecule has 84 valence electrons. The highest BCUT2D eigenvalue weighted by atomic mass is 79.9. The average molecular weight is 289 g/mol. The molecule has 0 aliphatic carbocycles. The predicted octanol–water partition coefficient (Wildman–Crippen LogP) is 3.71. The van der Waals surface area contributed by atoms with Gasteiger partial charge in [0.2, 0.25) is 0 Å². The maximum Gasteiger partial charge on any atom is 0.126 e. The molecule has 1 heterocycles. The lowest BCUT2D eigenvalue weighted by atomic mass is 10.3. The van der Waals surface area contributed by atoms with Crippen molar-refractivity contribution in [3.63, 3.8) is 0 Å². The molecular formula is C11H17BrN2S. The number of nitrogens with one attached hydrogen (secondary N) is 1. The van der Waals surface area contributed by atoms with Crippen LogP contribution in [0.15, 0.2) is 16.6 Å². The summed E-state index contributed by atoms with van der Waals surface area (Å²) >= 11 is 5.34. The van der Waals surface area contributed by atoms with Gasteiger partial charge in [-0.15, -0.1) is 0 Å². The van der Waals surface area contributed by atoms with E-state index in [1.54, 1.807) is 0 Å². The zero-order chi connectivity index (χ0) is 11.1. The van der Waals surface area contributed by atoms with Crippen LogP contribution in [0.4, 0.5) is 5.82 Å². The van der Waals surface area contributed by atoms with Crippen molar-refractivity contribution in [2.75, 3.05) is 23.9 Å². The summed E-state index contributed by atoms with van der Waals surface area (Å²) < 4.78 is 1.07. The van der Waals surface area contributed by atoms with Crippen molar-refractivity contribution in [3.05, 3.63) is 22.3 Å². The number of unbranched alkanes of at least 4 members (excludes halogenated alkanes) is 1. The Morgan fingerprint density at radius 2 is 2.20 bits per heavy atom. The Hall–Kier alpha value is -0.220. The van der Waals surface area contributed by atoms with Crippen LogP contribution in [0.25, 0.3) is 0 Å². The first-order valence-corrected chi connectivity index (χ1v) is 7.28. The second kappa shape index (κ2) is 7.12. The van der Waals surface area contributed by atoms with Crippen LogP contribution in [0.1, 0.15) is 18.5 Å². The van der Waals surface area contributed by atoms with Crippen molar-refractivity contribution in [3.8, 4) is 0 Å². The van der Waals surface area contributed by atoms with Crippen LogP contribution in [-0.2, 0) is 0 Å². The van der Waals surface area contributed by atoms with Gasteiger partial charge < -0.3 is 5.32 Å². The summed E-state index contributed by atoms with van der Waals surface area (Å²) in [5.74, 6) is 2.22. The molecule has 1 N–H and O–H groups in total. The zero-order valence-electron chi connectivity index (χ0n) is 9.22. The number of halogens is 1. The molecule has 0 saturated carbocycles. The SMILES string of the molecule is CSCCCCNc1ccc(Br)c(C)n1. The zero-order valence-corrected chi connectivity index (χ0v) is 11.6. The second-order valence-electron chi connectivity index (χ2n) is 3.39. The third-order valence-electron chi connectivity index (χ3n) is 2.10. The topological polar surface area (TPSA) is 24.9 Å². The molecule has 0 spiro atoms. The number of pyridine rings is 1. The van der Waals surface area contributed by atoms with Crippen LogP contribution in [0.5, 0.6) is 0 Å². The van der Waals surface area contributed by atoms with Gasteiger partial charge in [0.05, 0.1) is 5.69 Å². The van der Waals surface area contributed by atoms with Crippen LogP contribution in [-0.4, -0.2) is 23.5 Å². The van der Waals surface area contributed by atoms with Crippen molar-refractivity contribution in [1.29, 1.82) is 0 Å². The van der Waals surface area contributed by atoms with E-state index in [-0.39, 0.29) is 0 Å². The normalized spacial score (nSPS) is 10.3. The van der Waals surface area contributed by atoms with Gasteiger partial charge in [0, 0.05) is 11.0 Å². The summed E-state index contributed by atoms with van der Waals surface area (Å²) in [6.45, 7) is 3.01. The van der Waals surface area contributed by atoms with E-state index in [0.717, 1.165) is 22.5 Å². The second-order valence-corrected chi connectivity index (χ2v) is 5.23. The monoisotopic (exact) mass is 288 g/mol. The summed E-state index contributed by atoms with van der Waals surface area (Å²) in [7, 11) is 0. The van der Waals surface area contributed by atoms with Crippen molar-refractivity contribution in [2.24, 2.45) is 0 Å². The predicted molar refractivity (Wildman–Crippen MR) is 72.8 cm³/mol. The number of hydrogen-bond donors (Lipinski definition) is 1. The van der Waals surface area contributed by atoms with Gasteiger partial charge in [0.1, 0.15) is 5.82 Å². The molecule has 1 aromatic heterocycles. The van der Waals surface area contributed by atoms with Gasteiger partial charge >= 0.3 is 0 Å². The van der Waals surface area contributed by atoms with E-state index in [0.29, 0.717) is 0 Å². The smallest absolute Gasteiger partial charge is 0.126 e. The number of aromatic nitrogens is 1. The molecule has 0 aliphatic rings. The lowest BCUT2D eigenvalue weighted by Crippen LogP contribution is -2.04. The van der Waals surface area contributed by atoms with Crippen molar-refractivity contribution >= 4 is 33.5 Å². The molecule has 1 aromatic rings. The summed E-state index contributed by atoms with van der Waals surface area (Å²) in [6, 6.07) is 4.04. The summed E-state index contributed by atoms with van der Waals surface area (Å²) in [6.07, 6.45) is 4.62. The molecule has 0 fully saturated rings. The van der Waals surface area contributed by atoms with Gasteiger partial charge in [-0.3, -0.25) is 0 Å². The molecule has 0 amide bonds. The Labute approximate surface area is 104 Å². The van der Waals surface area contributed by atoms with E-state index in [1.165, 1.54) is 18.6 Å². The molecule has 0 unspecified atom stereocenters. The fraction of sp³-hybridized carbons (Fsp3) is 0.545. The van der Waals surface area contributed by atoms with Gasteiger partial charge in [0.15, 0.2) is 0 Å². The number of anilines is 1. The molecule has 15 heavy (non-hydrogen) atoms. The average Bonchev–Trinajstić information content (AvgIpc) is 2.23. The molecule has 0 aromatic carbocycles. The van der Waals surface area contributed by atoms with E-state index < -0.39 is 0 Å². The Balaban J connectivity index is 2.28. The van der Waals surface area contributed by atoms with Gasteiger partial charge in [-0.05, 0) is 59.8 Å². The largest absolute Gasteiger partial charge is 0.370 e. The first-order valence-electron chi connectivity index (χ1n) is 5.10. The van der Waals surface area contributed by atoms with Gasteiger partial charge in [0.25, 0.3) is 0 Å². The molecule has 2 nitrogen and oxygen atoms in total. The first-order chi connectivity index (χ1) is 7.24. The minimum Gasteiger partial charge on any atom is -0.370 e. The highest BCUT2D eigenvalue weighted by Gasteiger charge is 1.97. The summed E-state index contributed by atoms with van der Waals surface area (Å²) in [5.41, 5.74) is 1.03. The minimum atomic E-state index is 0.972. The van der Waals surface area contributed by atoms with E-state index >= 15 is 0 Å². The molecule has 0 saturated heterocycles. The van der Waals surface area contributed by atoms with Gasteiger partial charge in [-0.2, -0.15) is 11.8 Å². The number of nitrogens with zero attached hydrogens (tertiary/aromatic N) is 1. The van der Waals surface area contributed by atoms with Crippen LogP contribution in [0, 0.1) is 6.92 Å². The van der Waals surface area contributed by atoms with Gasteiger partial charge in [-0.1, -0.05) is 0 Å². The van der Waals surface area contributed by atoms with Crippen molar-refractivity contribution in [1.82, 2.24) is 4.98 Å². The Morgan fingerprint density at radius 3 is 2.87 bits per heavy atom.